The number of hydrogen-bond acceptors (Lipinski definition) is 4. The van der Waals surface area contributed by atoms with Crippen molar-refractivity contribution in [3.63, 3.8) is 0 Å². The lowest BCUT2D eigenvalue weighted by Gasteiger charge is -2.37. The van der Waals surface area contributed by atoms with Crippen molar-refractivity contribution in [1.29, 1.82) is 5.26 Å². The first kappa shape index (κ1) is 16.7. The van der Waals surface area contributed by atoms with E-state index >= 15 is 0 Å². The molecule has 1 fully saturated rings. The Balaban J connectivity index is 2.03. The van der Waals surface area contributed by atoms with Gasteiger partial charge in [0.25, 0.3) is 0 Å². The molecule has 0 unspecified atom stereocenters. The summed E-state index contributed by atoms with van der Waals surface area (Å²) in [6.07, 6.45) is -0.182. The van der Waals surface area contributed by atoms with E-state index in [9.17, 15) is 8.42 Å². The van der Waals surface area contributed by atoms with Crippen molar-refractivity contribution in [2.24, 2.45) is 0 Å². The Bertz CT molecular complexity index is 859. The standard InChI is InChI=1S/C18H18N2O3S/c1-14-12-20(18(13-23-14)16-7-3-2-4-8-16)24(21,22)17-9-5-6-15(10-17)11-19/h2-10,14,18H,12-13H2,1H3/t14-,18+/m1/s1. The summed E-state index contributed by atoms with van der Waals surface area (Å²) in [7, 11) is -3.72. The highest BCUT2D eigenvalue weighted by Crippen LogP contribution is 2.32. The lowest BCUT2D eigenvalue weighted by Crippen LogP contribution is -2.46. The van der Waals surface area contributed by atoms with E-state index in [1.807, 2.05) is 43.3 Å². The van der Waals surface area contributed by atoms with E-state index in [1.54, 1.807) is 12.1 Å². The first-order chi connectivity index (χ1) is 11.5. The molecule has 0 spiro atoms. The molecule has 0 radical (unpaired) electrons. The molecule has 0 bridgehead atoms. The maximum absolute atomic E-state index is 13.1. The fourth-order valence-electron chi connectivity index (χ4n) is 2.84. The molecule has 3 rings (SSSR count). The predicted molar refractivity (Wildman–Crippen MR) is 89.6 cm³/mol. The number of benzene rings is 2. The smallest absolute Gasteiger partial charge is 0.243 e. The van der Waals surface area contributed by atoms with Crippen molar-refractivity contribution >= 4 is 10.0 Å². The van der Waals surface area contributed by atoms with Crippen LogP contribution in [-0.4, -0.2) is 32.0 Å². The lowest BCUT2D eigenvalue weighted by atomic mass is 10.1. The van der Waals surface area contributed by atoms with Crippen LogP contribution in [0.3, 0.4) is 0 Å². The third-order valence-electron chi connectivity index (χ3n) is 4.08. The number of ether oxygens (including phenoxy) is 1. The van der Waals surface area contributed by atoms with Gasteiger partial charge in [0.15, 0.2) is 0 Å². The van der Waals surface area contributed by atoms with Crippen molar-refractivity contribution in [2.45, 2.75) is 24.0 Å². The van der Waals surface area contributed by atoms with Crippen LogP contribution in [0.5, 0.6) is 0 Å². The van der Waals surface area contributed by atoms with Gasteiger partial charge in [-0.25, -0.2) is 8.42 Å². The Morgan fingerprint density at radius 1 is 1.17 bits per heavy atom. The van der Waals surface area contributed by atoms with Crippen molar-refractivity contribution in [1.82, 2.24) is 4.31 Å². The summed E-state index contributed by atoms with van der Waals surface area (Å²) in [5.41, 5.74) is 1.22. The molecule has 0 aliphatic carbocycles. The monoisotopic (exact) mass is 342 g/mol. The molecule has 0 N–H and O–H groups in total. The fraction of sp³-hybridized carbons (Fsp3) is 0.278. The zero-order chi connectivity index (χ0) is 17.2. The highest BCUT2D eigenvalue weighted by Gasteiger charge is 2.37. The molecule has 1 heterocycles. The highest BCUT2D eigenvalue weighted by atomic mass is 32.2. The van der Waals surface area contributed by atoms with Crippen LogP contribution in [0.4, 0.5) is 0 Å². The molecule has 5 nitrogen and oxygen atoms in total. The second-order valence-corrected chi connectivity index (χ2v) is 7.68. The van der Waals surface area contributed by atoms with E-state index in [2.05, 4.69) is 0 Å². The van der Waals surface area contributed by atoms with E-state index in [-0.39, 0.29) is 23.6 Å². The minimum absolute atomic E-state index is 0.136. The number of nitrogens with zero attached hydrogens (tertiary/aromatic N) is 2. The van der Waals surface area contributed by atoms with Crippen LogP contribution in [0.15, 0.2) is 59.5 Å². The molecular formula is C18H18N2O3S. The molecule has 2 aromatic rings. The quantitative estimate of drug-likeness (QED) is 0.860. The SMILES string of the molecule is C[C@@H]1CN(S(=O)(=O)c2cccc(C#N)c2)[C@H](c2ccccc2)CO1. The zero-order valence-electron chi connectivity index (χ0n) is 13.3. The number of sulfonamides is 1. The van der Waals surface area contributed by atoms with Gasteiger partial charge in [0.2, 0.25) is 10.0 Å². The Hall–Kier alpha value is -2.20. The molecular weight excluding hydrogens is 324 g/mol. The summed E-state index contributed by atoms with van der Waals surface area (Å²) >= 11 is 0. The van der Waals surface area contributed by atoms with E-state index in [0.29, 0.717) is 12.2 Å². The molecule has 24 heavy (non-hydrogen) atoms. The summed E-state index contributed by atoms with van der Waals surface area (Å²) in [6.45, 7) is 2.44. The van der Waals surface area contributed by atoms with Gasteiger partial charge in [-0.05, 0) is 30.7 Å². The van der Waals surface area contributed by atoms with E-state index in [0.717, 1.165) is 5.56 Å². The second-order valence-electron chi connectivity index (χ2n) is 5.78. The molecule has 1 aliphatic heterocycles. The number of nitriles is 1. The average Bonchev–Trinajstić information content (AvgIpc) is 2.62. The second kappa shape index (κ2) is 6.73. The lowest BCUT2D eigenvalue weighted by molar-refractivity contribution is -0.0231. The number of rotatable bonds is 3. The highest BCUT2D eigenvalue weighted by molar-refractivity contribution is 7.89. The zero-order valence-corrected chi connectivity index (χ0v) is 14.1. The van der Waals surface area contributed by atoms with Crippen molar-refractivity contribution in [3.05, 3.63) is 65.7 Å². The fourth-order valence-corrected chi connectivity index (χ4v) is 4.56. The van der Waals surface area contributed by atoms with E-state index < -0.39 is 10.0 Å². The molecule has 2 aromatic carbocycles. The Morgan fingerprint density at radius 3 is 2.62 bits per heavy atom. The molecule has 0 saturated carbocycles. The minimum atomic E-state index is -3.72. The largest absolute Gasteiger partial charge is 0.375 e. The minimum Gasteiger partial charge on any atom is -0.375 e. The molecule has 0 aromatic heterocycles. The maximum Gasteiger partial charge on any atom is 0.243 e. The van der Waals surface area contributed by atoms with Gasteiger partial charge >= 0.3 is 0 Å². The third-order valence-corrected chi connectivity index (χ3v) is 5.95. The summed E-state index contributed by atoms with van der Waals surface area (Å²) in [6, 6.07) is 17.2. The molecule has 1 aliphatic rings. The summed E-state index contributed by atoms with van der Waals surface area (Å²) < 4.78 is 33.5. The van der Waals surface area contributed by atoms with Gasteiger partial charge in [-0.1, -0.05) is 36.4 Å². The van der Waals surface area contributed by atoms with Gasteiger partial charge in [-0.3, -0.25) is 0 Å². The topological polar surface area (TPSA) is 70.4 Å². The van der Waals surface area contributed by atoms with Gasteiger partial charge in [0.05, 0.1) is 35.3 Å². The molecule has 124 valence electrons. The van der Waals surface area contributed by atoms with Crippen molar-refractivity contribution < 1.29 is 13.2 Å². The summed E-state index contributed by atoms with van der Waals surface area (Å²) in [4.78, 5) is 0.136. The number of morpholine rings is 1. The first-order valence-corrected chi connectivity index (χ1v) is 9.15. The van der Waals surface area contributed by atoms with Crippen molar-refractivity contribution in [2.75, 3.05) is 13.2 Å². The van der Waals surface area contributed by atoms with Crippen LogP contribution in [0.2, 0.25) is 0 Å². The molecule has 1 saturated heterocycles. The van der Waals surface area contributed by atoms with Gasteiger partial charge in [-0.2, -0.15) is 9.57 Å². The Labute approximate surface area is 142 Å². The van der Waals surface area contributed by atoms with Gasteiger partial charge in [-0.15, -0.1) is 0 Å². The molecule has 6 heteroatoms. The van der Waals surface area contributed by atoms with E-state index in [4.69, 9.17) is 10.00 Å². The first-order valence-electron chi connectivity index (χ1n) is 7.71. The van der Waals surface area contributed by atoms with Crippen LogP contribution in [0.1, 0.15) is 24.1 Å². The van der Waals surface area contributed by atoms with Gasteiger partial charge in [0.1, 0.15) is 0 Å². The van der Waals surface area contributed by atoms with Crippen LogP contribution in [0, 0.1) is 11.3 Å². The average molecular weight is 342 g/mol. The van der Waals surface area contributed by atoms with Crippen LogP contribution in [-0.2, 0) is 14.8 Å². The Morgan fingerprint density at radius 2 is 1.92 bits per heavy atom. The summed E-state index contributed by atoms with van der Waals surface area (Å²) in [5, 5.41) is 9.03. The maximum atomic E-state index is 13.1. The third kappa shape index (κ3) is 3.20. The van der Waals surface area contributed by atoms with Crippen LogP contribution in [0.25, 0.3) is 0 Å². The predicted octanol–water partition coefficient (Wildman–Crippen LogP) is 2.71. The number of hydrogen-bond donors (Lipinski definition) is 0. The van der Waals surface area contributed by atoms with Crippen molar-refractivity contribution in [3.8, 4) is 6.07 Å². The van der Waals surface area contributed by atoms with E-state index in [1.165, 1.54) is 16.4 Å². The van der Waals surface area contributed by atoms with Crippen LogP contribution < -0.4 is 0 Å². The van der Waals surface area contributed by atoms with Gasteiger partial charge in [0, 0.05) is 6.54 Å². The normalized spacial score (nSPS) is 22.0. The van der Waals surface area contributed by atoms with Crippen LogP contribution >= 0.6 is 0 Å². The Kier molecular flexibility index (Phi) is 4.67. The molecule has 0 amide bonds. The van der Waals surface area contributed by atoms with Gasteiger partial charge < -0.3 is 4.74 Å². The summed E-state index contributed by atoms with van der Waals surface area (Å²) in [5.74, 6) is 0. The molecule has 2 atom stereocenters.